The molecule has 0 radical (unpaired) electrons. The number of aliphatic hydroxyl groups is 1. The van der Waals surface area contributed by atoms with Crippen molar-refractivity contribution in [3.63, 3.8) is 0 Å². The van der Waals surface area contributed by atoms with Gasteiger partial charge in [-0.3, -0.25) is 9.97 Å². The number of aliphatic hydroxyl groups excluding tert-OH is 1. The molecule has 0 aliphatic heterocycles. The number of nitrogens with zero attached hydrogens (tertiary/aromatic N) is 2. The summed E-state index contributed by atoms with van der Waals surface area (Å²) in [7, 11) is 0. The Bertz CT molecular complexity index is 459. The molecular weight excluding hydrogens is 195 g/mol. The molecule has 3 nitrogen and oxygen atoms in total. The van der Waals surface area contributed by atoms with E-state index in [0.29, 0.717) is 5.69 Å². The summed E-state index contributed by atoms with van der Waals surface area (Å²) in [4.78, 5) is 7.87. The summed E-state index contributed by atoms with van der Waals surface area (Å²) in [6.45, 7) is -0.332. The van der Waals surface area contributed by atoms with E-state index in [1.54, 1.807) is 18.5 Å². The summed E-state index contributed by atoms with van der Waals surface area (Å²) in [5.41, 5.74) is 1.64. The Kier molecular flexibility index (Phi) is 2.69. The molecule has 1 N–H and O–H groups in total. The molecule has 0 saturated carbocycles. The summed E-state index contributed by atoms with van der Waals surface area (Å²) in [5, 5.41) is 8.91. The lowest BCUT2D eigenvalue weighted by Crippen LogP contribution is -1.93. The summed E-state index contributed by atoms with van der Waals surface area (Å²) in [6.07, 6.45) is 4.40. The maximum atomic E-state index is 13.0. The van der Waals surface area contributed by atoms with Crippen LogP contribution in [0.5, 0.6) is 0 Å². The Morgan fingerprint density at radius 2 is 2.20 bits per heavy atom. The van der Waals surface area contributed by atoms with Crippen molar-refractivity contribution in [3.05, 3.63) is 48.2 Å². The first-order valence-electron chi connectivity index (χ1n) is 4.47. The molecule has 0 bridgehead atoms. The molecule has 0 atom stereocenters. The van der Waals surface area contributed by atoms with Crippen LogP contribution in [0.3, 0.4) is 0 Å². The first kappa shape index (κ1) is 9.73. The van der Waals surface area contributed by atoms with Crippen LogP contribution >= 0.6 is 0 Å². The minimum absolute atomic E-state index is 0.240. The van der Waals surface area contributed by atoms with Crippen LogP contribution in [0, 0.1) is 5.82 Å². The van der Waals surface area contributed by atoms with Crippen molar-refractivity contribution in [3.8, 4) is 11.3 Å². The highest BCUT2D eigenvalue weighted by Gasteiger charge is 2.05. The van der Waals surface area contributed by atoms with E-state index in [2.05, 4.69) is 9.97 Å². The lowest BCUT2D eigenvalue weighted by Gasteiger charge is -2.03. The van der Waals surface area contributed by atoms with Crippen LogP contribution in [-0.2, 0) is 6.61 Å². The number of halogens is 1. The molecule has 76 valence electrons. The minimum Gasteiger partial charge on any atom is -0.392 e. The summed E-state index contributed by atoms with van der Waals surface area (Å²) >= 11 is 0. The second-order valence-corrected chi connectivity index (χ2v) is 3.06. The molecule has 2 heterocycles. The van der Waals surface area contributed by atoms with Crippen molar-refractivity contribution < 1.29 is 9.50 Å². The highest BCUT2D eigenvalue weighted by atomic mass is 19.1. The van der Waals surface area contributed by atoms with E-state index < -0.39 is 5.82 Å². The van der Waals surface area contributed by atoms with Gasteiger partial charge in [0.15, 0.2) is 0 Å². The first-order chi connectivity index (χ1) is 7.31. The predicted octanol–water partition coefficient (Wildman–Crippen LogP) is 1.77. The fourth-order valence-electron chi connectivity index (χ4n) is 1.27. The van der Waals surface area contributed by atoms with E-state index in [1.807, 2.05) is 6.07 Å². The number of pyridine rings is 2. The van der Waals surface area contributed by atoms with Gasteiger partial charge in [0.2, 0.25) is 0 Å². The maximum absolute atomic E-state index is 13.0. The standard InChI is InChI=1S/C11H9FN2O/c12-10-6-14-11(4-9(10)7-15)8-2-1-3-13-5-8/h1-6,15H,7H2. The lowest BCUT2D eigenvalue weighted by atomic mass is 10.1. The van der Waals surface area contributed by atoms with Gasteiger partial charge in [0, 0.05) is 23.5 Å². The highest BCUT2D eigenvalue weighted by Crippen LogP contribution is 2.18. The predicted molar refractivity (Wildman–Crippen MR) is 53.3 cm³/mol. The number of aromatic nitrogens is 2. The van der Waals surface area contributed by atoms with Gasteiger partial charge in [-0.25, -0.2) is 4.39 Å². The van der Waals surface area contributed by atoms with Crippen molar-refractivity contribution in [1.29, 1.82) is 0 Å². The molecule has 0 fully saturated rings. The van der Waals surface area contributed by atoms with E-state index in [1.165, 1.54) is 6.07 Å². The molecule has 2 aromatic rings. The van der Waals surface area contributed by atoms with Gasteiger partial charge >= 0.3 is 0 Å². The average molecular weight is 204 g/mol. The molecule has 0 aliphatic rings. The van der Waals surface area contributed by atoms with Gasteiger partial charge in [0.25, 0.3) is 0 Å². The van der Waals surface area contributed by atoms with Gasteiger partial charge in [-0.05, 0) is 18.2 Å². The topological polar surface area (TPSA) is 46.0 Å². The summed E-state index contributed by atoms with van der Waals surface area (Å²) in [5.74, 6) is -0.495. The third-order valence-electron chi connectivity index (χ3n) is 2.06. The highest BCUT2D eigenvalue weighted by molar-refractivity contribution is 5.58. The molecule has 0 aromatic carbocycles. The second-order valence-electron chi connectivity index (χ2n) is 3.06. The normalized spacial score (nSPS) is 10.3. The SMILES string of the molecule is OCc1cc(-c2cccnc2)ncc1F. The number of hydrogen-bond acceptors (Lipinski definition) is 3. The first-order valence-corrected chi connectivity index (χ1v) is 4.47. The Morgan fingerprint density at radius 3 is 2.87 bits per heavy atom. The molecule has 15 heavy (non-hydrogen) atoms. The van der Waals surface area contributed by atoms with Gasteiger partial charge < -0.3 is 5.11 Å². The fraction of sp³-hybridized carbons (Fsp3) is 0.0909. The molecule has 0 saturated heterocycles. The van der Waals surface area contributed by atoms with Crippen LogP contribution < -0.4 is 0 Å². The summed E-state index contributed by atoms with van der Waals surface area (Å²) < 4.78 is 13.0. The van der Waals surface area contributed by atoms with Crippen LogP contribution in [0.25, 0.3) is 11.3 Å². The third kappa shape index (κ3) is 1.99. The van der Waals surface area contributed by atoms with Crippen LogP contribution in [0.15, 0.2) is 36.8 Å². The molecule has 2 aromatic heterocycles. The average Bonchev–Trinajstić information content (AvgIpc) is 2.31. The van der Waals surface area contributed by atoms with Gasteiger partial charge in [-0.2, -0.15) is 0 Å². The van der Waals surface area contributed by atoms with Crippen molar-refractivity contribution in [2.24, 2.45) is 0 Å². The van der Waals surface area contributed by atoms with Crippen molar-refractivity contribution in [2.45, 2.75) is 6.61 Å². The molecule has 0 spiro atoms. The Labute approximate surface area is 86.3 Å². The Morgan fingerprint density at radius 1 is 1.33 bits per heavy atom. The van der Waals surface area contributed by atoms with Gasteiger partial charge in [0.1, 0.15) is 5.82 Å². The van der Waals surface area contributed by atoms with Crippen LogP contribution in [0.2, 0.25) is 0 Å². The number of hydrogen-bond donors (Lipinski definition) is 1. The maximum Gasteiger partial charge on any atom is 0.147 e. The van der Waals surface area contributed by atoms with E-state index in [0.717, 1.165) is 11.8 Å². The largest absolute Gasteiger partial charge is 0.392 e. The molecule has 0 unspecified atom stereocenters. The van der Waals surface area contributed by atoms with Gasteiger partial charge in [0.05, 0.1) is 18.5 Å². The zero-order valence-electron chi connectivity index (χ0n) is 7.89. The van der Waals surface area contributed by atoms with Crippen molar-refractivity contribution >= 4 is 0 Å². The second kappa shape index (κ2) is 4.14. The molecular formula is C11H9FN2O. The third-order valence-corrected chi connectivity index (χ3v) is 2.06. The fourth-order valence-corrected chi connectivity index (χ4v) is 1.27. The zero-order valence-corrected chi connectivity index (χ0v) is 7.89. The molecule has 0 aliphatic carbocycles. The van der Waals surface area contributed by atoms with E-state index in [9.17, 15) is 4.39 Å². The van der Waals surface area contributed by atoms with Crippen molar-refractivity contribution in [2.75, 3.05) is 0 Å². The Balaban J connectivity index is 2.46. The van der Waals surface area contributed by atoms with E-state index in [4.69, 9.17) is 5.11 Å². The van der Waals surface area contributed by atoms with Crippen LogP contribution in [-0.4, -0.2) is 15.1 Å². The van der Waals surface area contributed by atoms with Crippen LogP contribution in [0.4, 0.5) is 4.39 Å². The molecule has 0 amide bonds. The number of rotatable bonds is 2. The van der Waals surface area contributed by atoms with Crippen LogP contribution in [0.1, 0.15) is 5.56 Å². The van der Waals surface area contributed by atoms with E-state index >= 15 is 0 Å². The summed E-state index contributed by atoms with van der Waals surface area (Å²) in [6, 6.07) is 5.12. The monoisotopic (exact) mass is 204 g/mol. The van der Waals surface area contributed by atoms with E-state index in [-0.39, 0.29) is 12.2 Å². The Hall–Kier alpha value is -1.81. The lowest BCUT2D eigenvalue weighted by molar-refractivity contribution is 0.275. The smallest absolute Gasteiger partial charge is 0.147 e. The molecule has 4 heteroatoms. The molecule has 2 rings (SSSR count). The van der Waals surface area contributed by atoms with Gasteiger partial charge in [-0.15, -0.1) is 0 Å². The van der Waals surface area contributed by atoms with Gasteiger partial charge in [-0.1, -0.05) is 0 Å². The zero-order chi connectivity index (χ0) is 10.7. The van der Waals surface area contributed by atoms with Crippen molar-refractivity contribution in [1.82, 2.24) is 9.97 Å². The minimum atomic E-state index is -0.495. The quantitative estimate of drug-likeness (QED) is 0.810.